The average Bonchev–Trinajstić information content (AvgIpc) is 2.35. The van der Waals surface area contributed by atoms with Crippen LogP contribution in [0.2, 0.25) is 0 Å². The van der Waals surface area contributed by atoms with Crippen molar-refractivity contribution in [3.8, 4) is 0 Å². The lowest BCUT2D eigenvalue weighted by atomic mass is 10.0. The van der Waals surface area contributed by atoms with Gasteiger partial charge in [-0.15, -0.1) is 0 Å². The van der Waals surface area contributed by atoms with Crippen LogP contribution in [0, 0.1) is 0 Å². The van der Waals surface area contributed by atoms with Gasteiger partial charge in [0.05, 0.1) is 11.6 Å². The topological polar surface area (TPSA) is 58.6 Å². The maximum atomic E-state index is 12.5. The van der Waals surface area contributed by atoms with E-state index in [4.69, 9.17) is 9.84 Å². The van der Waals surface area contributed by atoms with Gasteiger partial charge in [0.15, 0.2) is 0 Å². The van der Waals surface area contributed by atoms with Gasteiger partial charge in [-0.1, -0.05) is 12.1 Å². The van der Waals surface area contributed by atoms with Gasteiger partial charge < -0.3 is 15.2 Å². The summed E-state index contributed by atoms with van der Waals surface area (Å²) in [5, 5.41) is 11.6. The van der Waals surface area contributed by atoms with Crippen LogP contribution in [0.15, 0.2) is 24.3 Å². The Kier molecular flexibility index (Phi) is 5.82. The van der Waals surface area contributed by atoms with Crippen molar-refractivity contribution in [2.24, 2.45) is 0 Å². The van der Waals surface area contributed by atoms with Crippen molar-refractivity contribution < 1.29 is 27.8 Å². The number of hydrogen-bond acceptors (Lipinski definition) is 3. The molecule has 1 amide bonds. The van der Waals surface area contributed by atoms with Gasteiger partial charge in [-0.05, 0) is 44.9 Å². The molecule has 0 aliphatic heterocycles. The van der Waals surface area contributed by atoms with E-state index in [1.807, 2.05) is 0 Å². The number of carbonyl (C=O) groups excluding carboxylic acids is 1. The van der Waals surface area contributed by atoms with Crippen molar-refractivity contribution in [3.05, 3.63) is 35.4 Å². The van der Waals surface area contributed by atoms with E-state index in [0.717, 1.165) is 12.1 Å². The van der Waals surface area contributed by atoms with Crippen molar-refractivity contribution in [2.45, 2.75) is 45.0 Å². The van der Waals surface area contributed by atoms with Crippen LogP contribution >= 0.6 is 0 Å². The minimum absolute atomic E-state index is 0.171. The molecular formula is C15H20F3NO3. The number of rotatable bonds is 4. The highest BCUT2D eigenvalue weighted by molar-refractivity contribution is 5.68. The molecule has 1 rings (SSSR count). The lowest BCUT2D eigenvalue weighted by Crippen LogP contribution is -2.35. The number of amides is 1. The third-order valence-electron chi connectivity index (χ3n) is 2.75. The van der Waals surface area contributed by atoms with Gasteiger partial charge in [-0.2, -0.15) is 13.2 Å². The van der Waals surface area contributed by atoms with Crippen molar-refractivity contribution in [3.63, 3.8) is 0 Å². The molecule has 2 N–H and O–H groups in total. The number of nitrogens with one attached hydrogen (secondary N) is 1. The fraction of sp³-hybridized carbons (Fsp3) is 0.533. The zero-order chi connectivity index (χ0) is 17.0. The number of halogens is 3. The van der Waals surface area contributed by atoms with Crippen molar-refractivity contribution in [2.75, 3.05) is 6.61 Å². The second-order valence-corrected chi connectivity index (χ2v) is 5.83. The quantitative estimate of drug-likeness (QED) is 0.890. The molecule has 1 aromatic carbocycles. The second-order valence-electron chi connectivity index (χ2n) is 5.83. The molecule has 0 aromatic heterocycles. The standard InChI is InChI=1S/C15H20F3NO3/c1-14(2,3)22-13(21)19-12(8-9-20)10-4-6-11(7-5-10)15(16,17)18/h4-7,12,20H,8-9H2,1-3H3,(H,19,21)/t12-/m1/s1. The molecule has 0 bridgehead atoms. The molecule has 124 valence electrons. The van der Waals surface area contributed by atoms with Crippen LogP contribution in [0.4, 0.5) is 18.0 Å². The molecule has 1 atom stereocenters. The van der Waals surface area contributed by atoms with Crippen LogP contribution in [0.3, 0.4) is 0 Å². The Hall–Kier alpha value is -1.76. The third-order valence-corrected chi connectivity index (χ3v) is 2.75. The van der Waals surface area contributed by atoms with Crippen LogP contribution < -0.4 is 5.32 Å². The summed E-state index contributed by atoms with van der Waals surface area (Å²) < 4.78 is 42.7. The largest absolute Gasteiger partial charge is 0.444 e. The Morgan fingerprint density at radius 3 is 2.18 bits per heavy atom. The van der Waals surface area contributed by atoms with E-state index < -0.39 is 29.5 Å². The lowest BCUT2D eigenvalue weighted by Gasteiger charge is -2.23. The minimum Gasteiger partial charge on any atom is -0.444 e. The molecule has 0 spiro atoms. The van der Waals surface area contributed by atoms with Gasteiger partial charge in [0.1, 0.15) is 5.60 Å². The first-order valence-electron chi connectivity index (χ1n) is 6.80. The van der Waals surface area contributed by atoms with Crippen molar-refractivity contribution >= 4 is 6.09 Å². The highest BCUT2D eigenvalue weighted by atomic mass is 19.4. The monoisotopic (exact) mass is 319 g/mol. The van der Waals surface area contributed by atoms with E-state index in [1.54, 1.807) is 20.8 Å². The molecule has 22 heavy (non-hydrogen) atoms. The highest BCUT2D eigenvalue weighted by Gasteiger charge is 2.30. The smallest absolute Gasteiger partial charge is 0.416 e. The summed E-state index contributed by atoms with van der Waals surface area (Å²) in [5.74, 6) is 0. The van der Waals surface area contributed by atoms with E-state index in [2.05, 4.69) is 5.32 Å². The molecule has 0 saturated heterocycles. The first-order chi connectivity index (χ1) is 10.0. The Bertz CT molecular complexity index is 492. The molecular weight excluding hydrogens is 299 g/mol. The summed E-state index contributed by atoms with van der Waals surface area (Å²) >= 11 is 0. The Balaban J connectivity index is 2.85. The summed E-state index contributed by atoms with van der Waals surface area (Å²) in [6.07, 6.45) is -4.93. The first-order valence-corrected chi connectivity index (χ1v) is 6.80. The van der Waals surface area contributed by atoms with E-state index in [9.17, 15) is 18.0 Å². The summed E-state index contributed by atoms with van der Waals surface area (Å²) in [4.78, 5) is 11.7. The number of alkyl halides is 3. The summed E-state index contributed by atoms with van der Waals surface area (Å²) in [7, 11) is 0. The van der Waals surface area contributed by atoms with Gasteiger partial charge in [0.2, 0.25) is 0 Å². The minimum atomic E-state index is -4.41. The van der Waals surface area contributed by atoms with Crippen molar-refractivity contribution in [1.82, 2.24) is 5.32 Å². The fourth-order valence-electron chi connectivity index (χ4n) is 1.81. The van der Waals surface area contributed by atoms with Crippen LogP contribution in [0.1, 0.15) is 44.4 Å². The predicted octanol–water partition coefficient (Wildman–Crippen LogP) is 3.65. The maximum Gasteiger partial charge on any atom is 0.416 e. The Labute approximate surface area is 127 Å². The molecule has 4 nitrogen and oxygen atoms in total. The maximum absolute atomic E-state index is 12.5. The Morgan fingerprint density at radius 1 is 1.23 bits per heavy atom. The second kappa shape index (κ2) is 7.00. The number of alkyl carbamates (subject to hydrolysis) is 1. The van der Waals surface area contributed by atoms with Gasteiger partial charge in [-0.3, -0.25) is 0 Å². The number of carbonyl (C=O) groups is 1. The summed E-state index contributed by atoms with van der Waals surface area (Å²) in [5.41, 5.74) is -0.988. The molecule has 1 aromatic rings. The van der Waals surface area contributed by atoms with Crippen molar-refractivity contribution in [1.29, 1.82) is 0 Å². The van der Waals surface area contributed by atoms with Gasteiger partial charge in [0, 0.05) is 6.61 Å². The van der Waals surface area contributed by atoms with Gasteiger partial charge >= 0.3 is 12.3 Å². The van der Waals surface area contributed by atoms with Crippen LogP contribution in [0.5, 0.6) is 0 Å². The molecule has 0 heterocycles. The normalized spacial score (nSPS) is 13.6. The number of ether oxygens (including phenoxy) is 1. The summed E-state index contributed by atoms with van der Waals surface area (Å²) in [6.45, 7) is 4.88. The lowest BCUT2D eigenvalue weighted by molar-refractivity contribution is -0.137. The predicted molar refractivity (Wildman–Crippen MR) is 75.3 cm³/mol. The number of aliphatic hydroxyl groups excluding tert-OH is 1. The molecule has 0 fully saturated rings. The highest BCUT2D eigenvalue weighted by Crippen LogP contribution is 2.30. The van der Waals surface area contributed by atoms with E-state index >= 15 is 0 Å². The zero-order valence-electron chi connectivity index (χ0n) is 12.7. The molecule has 7 heteroatoms. The molecule has 0 aliphatic carbocycles. The average molecular weight is 319 g/mol. The fourth-order valence-corrected chi connectivity index (χ4v) is 1.81. The SMILES string of the molecule is CC(C)(C)OC(=O)N[C@H](CCO)c1ccc(C(F)(F)F)cc1. The summed E-state index contributed by atoms with van der Waals surface area (Å²) in [6, 6.07) is 3.82. The van der Waals surface area contributed by atoms with E-state index in [1.165, 1.54) is 12.1 Å². The van der Waals surface area contributed by atoms with E-state index in [0.29, 0.717) is 5.56 Å². The molecule has 0 aliphatic rings. The number of hydrogen-bond donors (Lipinski definition) is 2. The molecule has 0 saturated carbocycles. The van der Waals surface area contributed by atoms with Crippen LogP contribution in [-0.2, 0) is 10.9 Å². The zero-order valence-corrected chi connectivity index (χ0v) is 12.7. The molecule has 0 unspecified atom stereocenters. The molecule has 0 radical (unpaired) electrons. The van der Waals surface area contributed by atoms with Gasteiger partial charge in [-0.25, -0.2) is 4.79 Å². The third kappa shape index (κ3) is 5.93. The van der Waals surface area contributed by atoms with E-state index in [-0.39, 0.29) is 13.0 Å². The van der Waals surface area contributed by atoms with Gasteiger partial charge in [0.25, 0.3) is 0 Å². The first kappa shape index (κ1) is 18.3. The number of aliphatic hydroxyl groups is 1. The Morgan fingerprint density at radius 2 is 1.77 bits per heavy atom. The van der Waals surface area contributed by atoms with Crippen LogP contribution in [0.25, 0.3) is 0 Å². The number of benzene rings is 1. The van der Waals surface area contributed by atoms with Crippen LogP contribution in [-0.4, -0.2) is 23.4 Å².